The van der Waals surface area contributed by atoms with Gasteiger partial charge in [-0.3, -0.25) is 0 Å². The summed E-state index contributed by atoms with van der Waals surface area (Å²) in [5, 5.41) is 0. The number of hydrogen-bond donors (Lipinski definition) is 0. The van der Waals surface area contributed by atoms with E-state index in [1.807, 2.05) is 12.1 Å². The van der Waals surface area contributed by atoms with Crippen LogP contribution in [0, 0.1) is 55.4 Å². The van der Waals surface area contributed by atoms with Gasteiger partial charge in [0.1, 0.15) is 5.75 Å². The standard InChI is InChI=1S/C23H24.C22H22O.C22H24.C21H24.C21H20/c1-17-5-11-20(12-6-17)23(4,21-13-7-18(2)8-14-21)22-15-9-19(3)10-16-22;1-17-9-11-19(12-10-17)22(2,18-7-5-4-6-8-18)20-13-15-21(23-3)16-14-20;1-17-9-13-20(14-10-17)22(3,19-7-5-4-6-8-19)21-15-11-18(2)12-16-21;2*1-17-13-15-20(16-14-17)21(2,18-9-5-3-6-10-18)19-11-7-4-8-12-19/h5-16H,1-4H3;4-16H,1-3H3;4-5,7,9-16H,6,8H2,1-3H3;3-5,7,9,11,13-16H,6,8,10,12H2,1-2H3;3-16H,1-2H3. The Labute approximate surface area is 661 Å². The molecule has 12 aromatic rings. The van der Waals surface area contributed by atoms with Crippen molar-refractivity contribution in [2.24, 2.45) is 0 Å². The molecule has 0 aromatic heterocycles. The van der Waals surface area contributed by atoms with Crippen molar-refractivity contribution in [3.05, 3.63) is 492 Å². The van der Waals surface area contributed by atoms with Crippen molar-refractivity contribution in [2.75, 3.05) is 7.11 Å². The Morgan fingerprint density at radius 1 is 0.200 bits per heavy atom. The minimum absolute atomic E-state index is 0.0449. The fourth-order valence-corrected chi connectivity index (χ4v) is 16.0. The van der Waals surface area contributed by atoms with Crippen LogP contribution in [0.25, 0.3) is 0 Å². The van der Waals surface area contributed by atoms with Gasteiger partial charge in [0.2, 0.25) is 0 Å². The zero-order valence-corrected chi connectivity index (χ0v) is 67.8. The van der Waals surface area contributed by atoms with Crippen LogP contribution in [0.4, 0.5) is 0 Å². The molecule has 1 heteroatoms. The molecule has 0 fully saturated rings. The molecule has 0 spiro atoms. The molecule has 15 rings (SSSR count). The lowest BCUT2D eigenvalue weighted by molar-refractivity contribution is 0.414. The minimum atomic E-state index is -0.193. The Balaban J connectivity index is 0.000000136. The number of benzene rings is 12. The van der Waals surface area contributed by atoms with Crippen molar-refractivity contribution in [1.82, 2.24) is 0 Å². The van der Waals surface area contributed by atoms with Crippen molar-refractivity contribution >= 4 is 0 Å². The Morgan fingerprint density at radius 2 is 0.373 bits per heavy atom. The third-order valence-corrected chi connectivity index (χ3v) is 23.7. The summed E-state index contributed by atoms with van der Waals surface area (Å²) in [6, 6.07) is 112. The highest BCUT2D eigenvalue weighted by atomic mass is 16.5. The fourth-order valence-electron chi connectivity index (χ4n) is 16.0. The van der Waals surface area contributed by atoms with E-state index in [2.05, 4.69) is 442 Å². The number of hydrogen-bond acceptors (Lipinski definition) is 1. The van der Waals surface area contributed by atoms with Gasteiger partial charge in [-0.2, -0.15) is 0 Å². The Hall–Kier alpha value is -11.1. The lowest BCUT2D eigenvalue weighted by Crippen LogP contribution is -2.28. The van der Waals surface area contributed by atoms with E-state index in [1.165, 1.54) is 130 Å². The summed E-state index contributed by atoms with van der Waals surface area (Å²) in [4.78, 5) is 0. The van der Waals surface area contributed by atoms with Gasteiger partial charge in [0.25, 0.3) is 0 Å². The number of ether oxygens (including phenoxy) is 1. The first-order valence-corrected chi connectivity index (χ1v) is 39.6. The maximum Gasteiger partial charge on any atom is 0.118 e. The summed E-state index contributed by atoms with van der Waals surface area (Å²) in [6.07, 6.45) is 27.4. The highest BCUT2D eigenvalue weighted by Gasteiger charge is 2.37. The van der Waals surface area contributed by atoms with E-state index in [4.69, 9.17) is 4.74 Å². The molecule has 1 atom stereocenters. The van der Waals surface area contributed by atoms with Gasteiger partial charge in [-0.25, -0.2) is 0 Å². The summed E-state index contributed by atoms with van der Waals surface area (Å²) in [5.74, 6) is 0.882. The summed E-state index contributed by atoms with van der Waals surface area (Å²) >= 11 is 0. The molecular formula is C109H114O. The molecular weight excluding hydrogens is 1330 g/mol. The lowest BCUT2D eigenvalue weighted by atomic mass is 9.66. The number of methoxy groups -OCH3 is 1. The van der Waals surface area contributed by atoms with Gasteiger partial charge in [0, 0.05) is 27.1 Å². The highest BCUT2D eigenvalue weighted by Crippen LogP contribution is 2.47. The maximum atomic E-state index is 5.31. The van der Waals surface area contributed by atoms with Crippen LogP contribution in [0.15, 0.2) is 381 Å². The topological polar surface area (TPSA) is 9.23 Å². The van der Waals surface area contributed by atoms with Crippen LogP contribution in [0.1, 0.15) is 184 Å². The third kappa shape index (κ3) is 18.6. The van der Waals surface area contributed by atoms with Gasteiger partial charge in [0.05, 0.1) is 7.11 Å². The van der Waals surface area contributed by atoms with Crippen LogP contribution >= 0.6 is 0 Å². The largest absolute Gasteiger partial charge is 0.497 e. The van der Waals surface area contributed by atoms with Crippen LogP contribution in [0.5, 0.6) is 5.75 Å². The van der Waals surface area contributed by atoms with Gasteiger partial charge in [-0.05, 0) is 207 Å². The number of rotatable bonds is 16. The Kier molecular flexibility index (Phi) is 26.8. The molecule has 0 saturated heterocycles. The van der Waals surface area contributed by atoms with Crippen LogP contribution < -0.4 is 4.74 Å². The monoisotopic (exact) mass is 1440 g/mol. The summed E-state index contributed by atoms with van der Waals surface area (Å²) in [5.41, 5.74) is 30.5. The van der Waals surface area contributed by atoms with Crippen LogP contribution in [-0.4, -0.2) is 7.11 Å². The molecule has 0 N–H and O–H groups in total. The SMILES string of the molecule is COc1ccc(C(C)(c2ccccc2)c2ccc(C)cc2)cc1.Cc1ccc(C(C)(C2=CC=CCC2)C2=CC=CCC2)cc1.Cc1ccc(C(C)(C2=CC=CCC2)c2ccc(C)cc2)cc1.Cc1ccc(C(C)(c2ccc(C)cc2)c2ccc(C)cc2)cc1.Cc1ccc(C(C)(c2ccccc2)c2ccccc2)cc1. The van der Waals surface area contributed by atoms with E-state index >= 15 is 0 Å². The summed E-state index contributed by atoms with van der Waals surface area (Å²) in [6.45, 7) is 28.8. The van der Waals surface area contributed by atoms with E-state index in [0.717, 1.165) is 31.4 Å². The van der Waals surface area contributed by atoms with Crippen molar-refractivity contribution < 1.29 is 4.74 Å². The normalized spacial score (nSPS) is 13.8. The zero-order chi connectivity index (χ0) is 77.7. The van der Waals surface area contributed by atoms with Crippen LogP contribution in [-0.2, 0) is 27.1 Å². The van der Waals surface area contributed by atoms with Gasteiger partial charge in [-0.1, -0.05) is 413 Å². The molecule has 0 bridgehead atoms. The van der Waals surface area contributed by atoms with E-state index in [1.54, 1.807) is 18.3 Å². The second kappa shape index (κ2) is 36.9. The molecule has 0 heterocycles. The van der Waals surface area contributed by atoms with Crippen LogP contribution in [0.3, 0.4) is 0 Å². The van der Waals surface area contributed by atoms with E-state index < -0.39 is 0 Å². The average molecular weight is 1440 g/mol. The quantitative estimate of drug-likeness (QED) is 0.0876. The average Bonchev–Trinajstić information content (AvgIpc) is 0.795. The second-order valence-corrected chi connectivity index (χ2v) is 31.4. The van der Waals surface area contributed by atoms with Crippen molar-refractivity contribution in [1.29, 1.82) is 0 Å². The molecule has 0 radical (unpaired) electrons. The first-order valence-electron chi connectivity index (χ1n) is 39.6. The molecule has 1 unspecified atom stereocenters. The molecule has 0 saturated carbocycles. The van der Waals surface area contributed by atoms with Crippen molar-refractivity contribution in [3.8, 4) is 5.75 Å². The molecule has 12 aromatic carbocycles. The van der Waals surface area contributed by atoms with Gasteiger partial charge in [0.15, 0.2) is 0 Å². The number of allylic oxidation sites excluding steroid dienone is 12. The second-order valence-electron chi connectivity index (χ2n) is 31.4. The molecule has 556 valence electrons. The van der Waals surface area contributed by atoms with E-state index in [0.29, 0.717) is 0 Å². The summed E-state index contributed by atoms with van der Waals surface area (Å²) < 4.78 is 5.31. The molecule has 1 nitrogen and oxygen atoms in total. The van der Waals surface area contributed by atoms with Gasteiger partial charge < -0.3 is 4.74 Å². The smallest absolute Gasteiger partial charge is 0.118 e. The van der Waals surface area contributed by atoms with E-state index in [-0.39, 0.29) is 27.1 Å². The first-order chi connectivity index (χ1) is 53.2. The highest BCUT2D eigenvalue weighted by molar-refractivity contribution is 5.56. The molecule has 0 aliphatic heterocycles. The van der Waals surface area contributed by atoms with Gasteiger partial charge >= 0.3 is 0 Å². The van der Waals surface area contributed by atoms with Crippen molar-refractivity contribution in [2.45, 2.75) is 156 Å². The minimum Gasteiger partial charge on any atom is -0.497 e. The van der Waals surface area contributed by atoms with E-state index in [9.17, 15) is 0 Å². The first kappa shape index (κ1) is 79.9. The maximum absolute atomic E-state index is 5.31. The Bertz CT molecular complexity index is 4840. The predicted octanol–water partition coefficient (Wildman–Crippen LogP) is 28.4. The van der Waals surface area contributed by atoms with Crippen molar-refractivity contribution in [3.63, 3.8) is 0 Å². The molecule has 3 aliphatic carbocycles. The van der Waals surface area contributed by atoms with Crippen LogP contribution in [0.2, 0.25) is 0 Å². The lowest BCUT2D eigenvalue weighted by Gasteiger charge is -2.37. The fraction of sp³-hybridized carbons (Fsp3) is 0.229. The zero-order valence-electron chi connectivity index (χ0n) is 67.8. The molecule has 110 heavy (non-hydrogen) atoms. The third-order valence-electron chi connectivity index (χ3n) is 23.7. The molecule has 3 aliphatic rings. The van der Waals surface area contributed by atoms with Gasteiger partial charge in [-0.15, -0.1) is 0 Å². The molecule has 0 amide bonds. The Morgan fingerprint density at radius 3 is 0.564 bits per heavy atom. The summed E-state index contributed by atoms with van der Waals surface area (Å²) in [7, 11) is 1.70. The predicted molar refractivity (Wildman–Crippen MR) is 472 cm³/mol. The number of aryl methyl sites for hydroxylation is 8.